The molecule has 2 rings (SSSR count). The topological polar surface area (TPSA) is 39.7 Å². The molecular formula is C16H25NO3S. The van der Waals surface area contributed by atoms with Crippen molar-refractivity contribution < 1.29 is 14.2 Å². The Morgan fingerprint density at radius 3 is 2.67 bits per heavy atom. The van der Waals surface area contributed by atoms with E-state index in [4.69, 9.17) is 14.2 Å². The van der Waals surface area contributed by atoms with Gasteiger partial charge in [0, 0.05) is 24.6 Å². The summed E-state index contributed by atoms with van der Waals surface area (Å²) in [5, 5.41) is 3.55. The molecule has 0 radical (unpaired) electrons. The third-order valence-electron chi connectivity index (χ3n) is 3.79. The van der Waals surface area contributed by atoms with E-state index in [9.17, 15) is 0 Å². The molecule has 1 unspecified atom stereocenters. The minimum Gasteiger partial charge on any atom is -0.493 e. The molecule has 0 bridgehead atoms. The molecule has 0 aliphatic carbocycles. The second-order valence-electron chi connectivity index (χ2n) is 5.23. The zero-order valence-electron chi connectivity index (χ0n) is 13.1. The normalized spacial score (nSPS) is 18.5. The van der Waals surface area contributed by atoms with E-state index in [1.807, 2.05) is 6.07 Å². The second kappa shape index (κ2) is 8.51. The highest BCUT2D eigenvalue weighted by Crippen LogP contribution is 2.34. The Kier molecular flexibility index (Phi) is 6.67. The summed E-state index contributed by atoms with van der Waals surface area (Å²) in [6, 6.07) is 4.11. The number of benzene rings is 1. The fraction of sp³-hybridized carbons (Fsp3) is 0.625. The van der Waals surface area contributed by atoms with Crippen LogP contribution in [0.4, 0.5) is 0 Å². The molecule has 0 amide bonds. The standard InChI is InChI=1S/C16H25NO3S/c1-18-14-7-13(16(21-3)8-15(14)19-2)10-17-9-12-5-4-6-20-11-12/h7-8,12,17H,4-6,9-11H2,1-3H3. The number of thioether (sulfide) groups is 1. The molecule has 1 fully saturated rings. The van der Waals surface area contributed by atoms with E-state index >= 15 is 0 Å². The Balaban J connectivity index is 1.97. The summed E-state index contributed by atoms with van der Waals surface area (Å²) in [5.41, 5.74) is 1.25. The van der Waals surface area contributed by atoms with Gasteiger partial charge in [0.15, 0.2) is 11.5 Å². The number of hydrogen-bond acceptors (Lipinski definition) is 5. The second-order valence-corrected chi connectivity index (χ2v) is 6.08. The summed E-state index contributed by atoms with van der Waals surface area (Å²) in [6.07, 6.45) is 4.52. The first kappa shape index (κ1) is 16.5. The van der Waals surface area contributed by atoms with E-state index in [2.05, 4.69) is 17.6 Å². The summed E-state index contributed by atoms with van der Waals surface area (Å²) in [5.74, 6) is 2.20. The average Bonchev–Trinajstić information content (AvgIpc) is 2.55. The zero-order valence-corrected chi connectivity index (χ0v) is 13.9. The number of ether oxygens (including phenoxy) is 3. The van der Waals surface area contributed by atoms with E-state index in [1.54, 1.807) is 26.0 Å². The first-order valence-corrected chi connectivity index (χ1v) is 8.58. The molecule has 5 heteroatoms. The monoisotopic (exact) mass is 311 g/mol. The van der Waals surface area contributed by atoms with Crippen LogP contribution in [0.15, 0.2) is 17.0 Å². The van der Waals surface area contributed by atoms with Crippen molar-refractivity contribution in [3.8, 4) is 11.5 Å². The fourth-order valence-electron chi connectivity index (χ4n) is 2.61. The zero-order chi connectivity index (χ0) is 15.1. The van der Waals surface area contributed by atoms with Gasteiger partial charge in [-0.1, -0.05) is 0 Å². The van der Waals surface area contributed by atoms with Gasteiger partial charge < -0.3 is 19.5 Å². The molecule has 1 aliphatic rings. The van der Waals surface area contributed by atoms with Gasteiger partial charge in [-0.25, -0.2) is 0 Å². The first-order valence-electron chi connectivity index (χ1n) is 7.35. The van der Waals surface area contributed by atoms with Crippen molar-refractivity contribution in [3.05, 3.63) is 17.7 Å². The van der Waals surface area contributed by atoms with Gasteiger partial charge in [-0.3, -0.25) is 0 Å². The summed E-state index contributed by atoms with van der Waals surface area (Å²) in [6.45, 7) is 3.65. The highest BCUT2D eigenvalue weighted by Gasteiger charge is 2.14. The van der Waals surface area contributed by atoms with Crippen molar-refractivity contribution in [1.29, 1.82) is 0 Å². The van der Waals surface area contributed by atoms with Crippen LogP contribution in [0.3, 0.4) is 0 Å². The van der Waals surface area contributed by atoms with Crippen molar-refractivity contribution in [2.75, 3.05) is 40.2 Å². The number of methoxy groups -OCH3 is 2. The SMILES string of the molecule is COc1cc(CNCC2CCCOC2)c(SC)cc1OC. The van der Waals surface area contributed by atoms with E-state index in [-0.39, 0.29) is 0 Å². The summed E-state index contributed by atoms with van der Waals surface area (Å²) in [7, 11) is 3.34. The van der Waals surface area contributed by atoms with Gasteiger partial charge in [0.2, 0.25) is 0 Å². The highest BCUT2D eigenvalue weighted by molar-refractivity contribution is 7.98. The number of hydrogen-bond donors (Lipinski definition) is 1. The smallest absolute Gasteiger partial charge is 0.161 e. The van der Waals surface area contributed by atoms with Crippen LogP contribution >= 0.6 is 11.8 Å². The molecule has 1 aromatic rings. The molecule has 4 nitrogen and oxygen atoms in total. The largest absolute Gasteiger partial charge is 0.493 e. The van der Waals surface area contributed by atoms with Crippen molar-refractivity contribution in [2.45, 2.75) is 24.3 Å². The Hall–Kier alpha value is -0.910. The van der Waals surface area contributed by atoms with Crippen LogP contribution in [0.5, 0.6) is 11.5 Å². The van der Waals surface area contributed by atoms with Crippen LogP contribution < -0.4 is 14.8 Å². The molecule has 1 N–H and O–H groups in total. The van der Waals surface area contributed by atoms with Gasteiger partial charge in [0.05, 0.1) is 20.8 Å². The van der Waals surface area contributed by atoms with Crippen LogP contribution in [-0.4, -0.2) is 40.2 Å². The first-order chi connectivity index (χ1) is 10.3. The van der Waals surface area contributed by atoms with Crippen molar-refractivity contribution >= 4 is 11.8 Å². The Morgan fingerprint density at radius 1 is 1.29 bits per heavy atom. The van der Waals surface area contributed by atoms with Crippen LogP contribution in [0, 0.1) is 5.92 Å². The molecule has 0 aromatic heterocycles. The molecule has 1 aromatic carbocycles. The van der Waals surface area contributed by atoms with Gasteiger partial charge in [0.1, 0.15) is 0 Å². The van der Waals surface area contributed by atoms with Crippen molar-refractivity contribution in [3.63, 3.8) is 0 Å². The average molecular weight is 311 g/mol. The molecule has 1 atom stereocenters. The summed E-state index contributed by atoms with van der Waals surface area (Å²) >= 11 is 1.73. The molecule has 1 heterocycles. The lowest BCUT2D eigenvalue weighted by Crippen LogP contribution is -2.29. The van der Waals surface area contributed by atoms with Crippen molar-refractivity contribution in [1.82, 2.24) is 5.32 Å². The van der Waals surface area contributed by atoms with Crippen LogP contribution in [0.1, 0.15) is 18.4 Å². The van der Waals surface area contributed by atoms with Crippen LogP contribution in [0.25, 0.3) is 0 Å². The maximum atomic E-state index is 5.52. The third kappa shape index (κ3) is 4.53. The van der Waals surface area contributed by atoms with Crippen LogP contribution in [0.2, 0.25) is 0 Å². The van der Waals surface area contributed by atoms with Gasteiger partial charge in [0.25, 0.3) is 0 Å². The lowest BCUT2D eigenvalue weighted by Gasteiger charge is -2.22. The molecule has 21 heavy (non-hydrogen) atoms. The van der Waals surface area contributed by atoms with Gasteiger partial charge in [-0.2, -0.15) is 0 Å². The lowest BCUT2D eigenvalue weighted by molar-refractivity contribution is 0.0547. The maximum absolute atomic E-state index is 5.52. The Bertz CT molecular complexity index is 447. The van der Waals surface area contributed by atoms with Crippen LogP contribution in [-0.2, 0) is 11.3 Å². The molecular weight excluding hydrogens is 286 g/mol. The van der Waals surface area contributed by atoms with Gasteiger partial charge in [-0.15, -0.1) is 11.8 Å². The predicted molar refractivity (Wildman–Crippen MR) is 86.6 cm³/mol. The van der Waals surface area contributed by atoms with E-state index in [0.29, 0.717) is 5.92 Å². The van der Waals surface area contributed by atoms with E-state index in [1.165, 1.54) is 23.3 Å². The maximum Gasteiger partial charge on any atom is 0.161 e. The minimum atomic E-state index is 0.636. The van der Waals surface area contributed by atoms with E-state index in [0.717, 1.165) is 37.8 Å². The molecule has 0 spiro atoms. The molecule has 118 valence electrons. The minimum absolute atomic E-state index is 0.636. The summed E-state index contributed by atoms with van der Waals surface area (Å²) < 4.78 is 16.3. The Morgan fingerprint density at radius 2 is 2.05 bits per heavy atom. The highest BCUT2D eigenvalue weighted by atomic mass is 32.2. The quantitative estimate of drug-likeness (QED) is 0.784. The van der Waals surface area contributed by atoms with E-state index < -0.39 is 0 Å². The number of nitrogens with one attached hydrogen (secondary N) is 1. The fourth-order valence-corrected chi connectivity index (χ4v) is 3.23. The van der Waals surface area contributed by atoms with Gasteiger partial charge in [-0.05, 0) is 42.7 Å². The van der Waals surface area contributed by atoms with Crippen molar-refractivity contribution in [2.24, 2.45) is 5.92 Å². The molecule has 1 aliphatic heterocycles. The summed E-state index contributed by atoms with van der Waals surface area (Å²) in [4.78, 5) is 1.22. The lowest BCUT2D eigenvalue weighted by atomic mass is 10.0. The molecule has 0 saturated carbocycles. The number of rotatable bonds is 7. The molecule has 1 saturated heterocycles. The third-order valence-corrected chi connectivity index (χ3v) is 4.61. The predicted octanol–water partition coefficient (Wildman–Crippen LogP) is 2.94. The Labute approximate surface area is 131 Å². The van der Waals surface area contributed by atoms with Gasteiger partial charge >= 0.3 is 0 Å².